The molecule has 24 heavy (non-hydrogen) atoms. The van der Waals surface area contributed by atoms with Gasteiger partial charge in [-0.1, -0.05) is 0 Å². The maximum atomic E-state index is 12.0. The third-order valence-corrected chi connectivity index (χ3v) is 4.98. The van der Waals surface area contributed by atoms with Crippen LogP contribution in [0.1, 0.15) is 22.5 Å². The SMILES string of the molecule is O=C(NC[C@]1(O)CCN(Cc2ccsc2)C[C@H]1O)c1cnccn1. The molecule has 0 radical (unpaired) electrons. The standard InChI is InChI=1S/C16H20N4O3S/c21-14-9-20(8-12-1-6-24-10-12)5-2-16(14,23)11-19-15(22)13-7-17-3-4-18-13/h1,3-4,6-7,10,14,21,23H,2,5,8-9,11H2,(H,19,22)/t14-,16-/m1/s1. The van der Waals surface area contributed by atoms with E-state index in [2.05, 4.69) is 31.6 Å². The van der Waals surface area contributed by atoms with Crippen LogP contribution >= 0.6 is 11.3 Å². The molecule has 1 aliphatic rings. The minimum absolute atomic E-state index is 0.0180. The van der Waals surface area contributed by atoms with Gasteiger partial charge in [-0.05, 0) is 28.8 Å². The van der Waals surface area contributed by atoms with Crippen molar-refractivity contribution in [2.45, 2.75) is 24.7 Å². The van der Waals surface area contributed by atoms with Gasteiger partial charge in [-0.2, -0.15) is 11.3 Å². The topological polar surface area (TPSA) is 98.6 Å². The molecule has 2 atom stereocenters. The number of aromatic nitrogens is 2. The molecule has 0 unspecified atom stereocenters. The summed E-state index contributed by atoms with van der Waals surface area (Å²) in [6, 6.07) is 2.05. The first-order chi connectivity index (χ1) is 11.6. The minimum Gasteiger partial charge on any atom is -0.389 e. The van der Waals surface area contributed by atoms with E-state index in [0.717, 1.165) is 6.54 Å². The highest BCUT2D eigenvalue weighted by molar-refractivity contribution is 7.07. The Balaban J connectivity index is 1.53. The summed E-state index contributed by atoms with van der Waals surface area (Å²) in [7, 11) is 0. The zero-order valence-corrected chi connectivity index (χ0v) is 13.9. The fourth-order valence-electron chi connectivity index (χ4n) is 2.75. The van der Waals surface area contributed by atoms with E-state index in [9.17, 15) is 15.0 Å². The second kappa shape index (κ2) is 7.35. The molecule has 0 aliphatic carbocycles. The molecular weight excluding hydrogens is 328 g/mol. The van der Waals surface area contributed by atoms with E-state index in [-0.39, 0.29) is 12.2 Å². The number of piperidine rings is 1. The quantitative estimate of drug-likeness (QED) is 0.717. The first-order valence-corrected chi connectivity index (χ1v) is 8.69. The second-order valence-electron chi connectivity index (χ2n) is 6.01. The van der Waals surface area contributed by atoms with E-state index < -0.39 is 17.6 Å². The van der Waals surface area contributed by atoms with Crippen molar-refractivity contribution in [2.75, 3.05) is 19.6 Å². The summed E-state index contributed by atoms with van der Waals surface area (Å²) in [6.07, 6.45) is 3.74. The number of β-amino-alcohol motifs (C(OH)–C–C–N with tert-alkyl or cyclic N) is 1. The molecule has 0 aromatic carbocycles. The van der Waals surface area contributed by atoms with Gasteiger partial charge in [0.2, 0.25) is 0 Å². The molecule has 3 heterocycles. The Morgan fingerprint density at radius 2 is 2.38 bits per heavy atom. The van der Waals surface area contributed by atoms with Crippen LogP contribution in [0.15, 0.2) is 35.4 Å². The third-order valence-electron chi connectivity index (χ3n) is 4.25. The normalized spacial score (nSPS) is 24.7. The lowest BCUT2D eigenvalue weighted by Crippen LogP contribution is -2.60. The summed E-state index contributed by atoms with van der Waals surface area (Å²) in [5.41, 5.74) is 0.0577. The Bertz CT molecular complexity index is 667. The third kappa shape index (κ3) is 3.96. The van der Waals surface area contributed by atoms with Crippen LogP contribution in [0.25, 0.3) is 0 Å². The zero-order chi connectivity index (χ0) is 17.0. The molecule has 1 aliphatic heterocycles. The highest BCUT2D eigenvalue weighted by Gasteiger charge is 2.40. The van der Waals surface area contributed by atoms with Crippen molar-refractivity contribution in [1.29, 1.82) is 0 Å². The van der Waals surface area contributed by atoms with Crippen molar-refractivity contribution in [3.05, 3.63) is 46.7 Å². The van der Waals surface area contributed by atoms with Gasteiger partial charge in [-0.25, -0.2) is 4.98 Å². The smallest absolute Gasteiger partial charge is 0.271 e. The molecule has 3 rings (SSSR count). The molecule has 128 valence electrons. The van der Waals surface area contributed by atoms with Crippen LogP contribution in [0.4, 0.5) is 0 Å². The Morgan fingerprint density at radius 1 is 1.50 bits per heavy atom. The molecule has 1 fully saturated rings. The molecular formula is C16H20N4O3S. The van der Waals surface area contributed by atoms with Crippen LogP contribution in [0.3, 0.4) is 0 Å². The van der Waals surface area contributed by atoms with Gasteiger partial charge in [0, 0.05) is 38.6 Å². The van der Waals surface area contributed by atoms with Gasteiger partial charge in [-0.15, -0.1) is 0 Å². The van der Waals surface area contributed by atoms with Gasteiger partial charge < -0.3 is 15.5 Å². The number of thiophene rings is 1. The second-order valence-corrected chi connectivity index (χ2v) is 6.79. The lowest BCUT2D eigenvalue weighted by atomic mass is 9.88. The first-order valence-electron chi connectivity index (χ1n) is 7.75. The highest BCUT2D eigenvalue weighted by Crippen LogP contribution is 2.24. The van der Waals surface area contributed by atoms with E-state index >= 15 is 0 Å². The van der Waals surface area contributed by atoms with Gasteiger partial charge in [0.05, 0.1) is 12.3 Å². The number of likely N-dealkylation sites (tertiary alicyclic amines) is 1. The zero-order valence-electron chi connectivity index (χ0n) is 13.1. The lowest BCUT2D eigenvalue weighted by Gasteiger charge is -2.42. The average Bonchev–Trinajstić information content (AvgIpc) is 3.10. The molecule has 2 aromatic rings. The van der Waals surface area contributed by atoms with Crippen molar-refractivity contribution in [3.63, 3.8) is 0 Å². The molecule has 0 bridgehead atoms. The van der Waals surface area contributed by atoms with Gasteiger partial charge in [0.15, 0.2) is 0 Å². The van der Waals surface area contributed by atoms with E-state index in [0.29, 0.717) is 19.5 Å². The number of aliphatic hydroxyl groups excluding tert-OH is 1. The van der Waals surface area contributed by atoms with E-state index in [1.165, 1.54) is 24.2 Å². The van der Waals surface area contributed by atoms with Gasteiger partial charge >= 0.3 is 0 Å². The van der Waals surface area contributed by atoms with Crippen molar-refractivity contribution in [3.8, 4) is 0 Å². The molecule has 7 nitrogen and oxygen atoms in total. The highest BCUT2D eigenvalue weighted by atomic mass is 32.1. The number of nitrogens with zero attached hydrogens (tertiary/aromatic N) is 3. The fourth-order valence-corrected chi connectivity index (χ4v) is 3.41. The molecule has 3 N–H and O–H groups in total. The molecule has 1 amide bonds. The van der Waals surface area contributed by atoms with Crippen LogP contribution in [-0.2, 0) is 6.54 Å². The number of rotatable bonds is 5. The van der Waals surface area contributed by atoms with Crippen molar-refractivity contribution in [1.82, 2.24) is 20.2 Å². The van der Waals surface area contributed by atoms with E-state index in [1.54, 1.807) is 11.3 Å². The Hall–Kier alpha value is -1.87. The first kappa shape index (κ1) is 17.0. The summed E-state index contributed by atoms with van der Waals surface area (Å²) in [5.74, 6) is -0.413. The van der Waals surface area contributed by atoms with Crippen LogP contribution in [-0.4, -0.2) is 62.3 Å². The average molecular weight is 348 g/mol. The summed E-state index contributed by atoms with van der Waals surface area (Å²) in [4.78, 5) is 21.8. The van der Waals surface area contributed by atoms with E-state index in [1.807, 2.05) is 5.38 Å². The number of hydrogen-bond acceptors (Lipinski definition) is 7. The van der Waals surface area contributed by atoms with Crippen LogP contribution in [0, 0.1) is 0 Å². The molecule has 1 saturated heterocycles. The van der Waals surface area contributed by atoms with Gasteiger partial charge in [0.1, 0.15) is 11.3 Å². The number of aliphatic hydroxyl groups is 2. The number of amides is 1. The predicted octanol–water partition coefficient (Wildman–Crippen LogP) is 0.266. The molecule has 0 spiro atoms. The van der Waals surface area contributed by atoms with Crippen molar-refractivity contribution < 1.29 is 15.0 Å². The number of hydrogen-bond donors (Lipinski definition) is 3. The molecule has 2 aromatic heterocycles. The lowest BCUT2D eigenvalue weighted by molar-refractivity contribution is -0.116. The Morgan fingerprint density at radius 3 is 3.04 bits per heavy atom. The molecule has 0 saturated carbocycles. The van der Waals surface area contributed by atoms with Crippen molar-refractivity contribution in [2.24, 2.45) is 0 Å². The van der Waals surface area contributed by atoms with Crippen LogP contribution in [0.2, 0.25) is 0 Å². The largest absolute Gasteiger partial charge is 0.389 e. The van der Waals surface area contributed by atoms with Crippen molar-refractivity contribution >= 4 is 17.2 Å². The minimum atomic E-state index is -1.33. The van der Waals surface area contributed by atoms with Crippen LogP contribution < -0.4 is 5.32 Å². The predicted molar refractivity (Wildman–Crippen MR) is 89.5 cm³/mol. The number of carbonyl (C=O) groups excluding carboxylic acids is 1. The summed E-state index contributed by atoms with van der Waals surface area (Å²) < 4.78 is 0. The number of nitrogens with one attached hydrogen (secondary N) is 1. The Labute approximate surface area is 144 Å². The monoisotopic (exact) mass is 348 g/mol. The Kier molecular flexibility index (Phi) is 5.20. The summed E-state index contributed by atoms with van der Waals surface area (Å²) in [5, 5.41) is 27.7. The number of carbonyl (C=O) groups is 1. The maximum Gasteiger partial charge on any atom is 0.271 e. The van der Waals surface area contributed by atoms with Gasteiger partial charge in [0.25, 0.3) is 5.91 Å². The van der Waals surface area contributed by atoms with E-state index in [4.69, 9.17) is 0 Å². The summed E-state index contributed by atoms with van der Waals surface area (Å²) >= 11 is 1.64. The summed E-state index contributed by atoms with van der Waals surface area (Å²) in [6.45, 7) is 1.76. The molecule has 8 heteroatoms. The van der Waals surface area contributed by atoms with Crippen LogP contribution in [0.5, 0.6) is 0 Å². The van der Waals surface area contributed by atoms with Gasteiger partial charge in [-0.3, -0.25) is 14.7 Å². The maximum absolute atomic E-state index is 12.0. The fraction of sp³-hybridized carbons (Fsp3) is 0.438.